The molecule has 0 bridgehead atoms. The van der Waals surface area contributed by atoms with E-state index in [4.69, 9.17) is 4.74 Å². The van der Waals surface area contributed by atoms with Crippen molar-refractivity contribution in [2.24, 2.45) is 0 Å². The molecule has 0 heterocycles. The number of likely N-dealkylation sites (N-methyl/N-ethyl adjacent to an activating group) is 1. The van der Waals surface area contributed by atoms with E-state index in [1.807, 2.05) is 0 Å². The molecule has 4 nitrogen and oxygen atoms in total. The molecular formula is C13H18FNO3. The molecule has 100 valence electrons. The molecule has 0 aromatic heterocycles. The Hall–Kier alpha value is -1.46. The number of halogens is 1. The molecule has 1 amide bonds. The van der Waals surface area contributed by atoms with Crippen LogP contribution in [-0.4, -0.2) is 49.3 Å². The number of aryl methyl sites for hydroxylation is 1. The monoisotopic (exact) mass is 255 g/mol. The molecule has 0 saturated carbocycles. The lowest BCUT2D eigenvalue weighted by Gasteiger charge is -2.21. The lowest BCUT2D eigenvalue weighted by molar-refractivity contribution is 0.0380. The van der Waals surface area contributed by atoms with Crippen molar-refractivity contribution in [3.05, 3.63) is 35.1 Å². The highest BCUT2D eigenvalue weighted by molar-refractivity contribution is 5.95. The predicted molar refractivity (Wildman–Crippen MR) is 66.0 cm³/mol. The summed E-state index contributed by atoms with van der Waals surface area (Å²) in [5, 5.41) is 9.55. The van der Waals surface area contributed by atoms with Crippen molar-refractivity contribution in [2.75, 3.05) is 27.3 Å². The minimum atomic E-state index is -0.752. The van der Waals surface area contributed by atoms with Crippen LogP contribution in [0.25, 0.3) is 0 Å². The number of methoxy groups -OCH3 is 1. The summed E-state index contributed by atoms with van der Waals surface area (Å²) in [6.45, 7) is 2.04. The first-order valence-electron chi connectivity index (χ1n) is 5.64. The van der Waals surface area contributed by atoms with E-state index < -0.39 is 11.9 Å². The fraction of sp³-hybridized carbons (Fsp3) is 0.462. The zero-order chi connectivity index (χ0) is 13.7. The molecule has 0 saturated heterocycles. The van der Waals surface area contributed by atoms with E-state index in [-0.39, 0.29) is 19.1 Å². The summed E-state index contributed by atoms with van der Waals surface area (Å²) >= 11 is 0. The Morgan fingerprint density at radius 3 is 2.83 bits per heavy atom. The van der Waals surface area contributed by atoms with Crippen molar-refractivity contribution in [2.45, 2.75) is 13.0 Å². The summed E-state index contributed by atoms with van der Waals surface area (Å²) in [5.74, 6) is -0.767. The highest BCUT2D eigenvalue weighted by atomic mass is 19.1. The first-order chi connectivity index (χ1) is 8.45. The van der Waals surface area contributed by atoms with E-state index in [1.54, 1.807) is 20.0 Å². The average molecular weight is 255 g/mol. The van der Waals surface area contributed by atoms with Crippen LogP contribution in [0.4, 0.5) is 4.39 Å². The molecule has 0 aliphatic rings. The second kappa shape index (κ2) is 6.47. The molecule has 1 aromatic carbocycles. The van der Waals surface area contributed by atoms with Gasteiger partial charge < -0.3 is 14.7 Å². The van der Waals surface area contributed by atoms with Gasteiger partial charge in [-0.2, -0.15) is 0 Å². The topological polar surface area (TPSA) is 49.8 Å². The molecule has 1 atom stereocenters. The molecule has 0 spiro atoms. The number of aliphatic hydroxyl groups excluding tert-OH is 1. The zero-order valence-electron chi connectivity index (χ0n) is 10.8. The number of rotatable bonds is 5. The van der Waals surface area contributed by atoms with Crippen molar-refractivity contribution in [3.63, 3.8) is 0 Å². The third-order valence-corrected chi connectivity index (χ3v) is 2.62. The molecule has 5 heteroatoms. The Kier molecular flexibility index (Phi) is 5.25. The number of carbonyl (C=O) groups excluding carboxylic acids is 1. The quantitative estimate of drug-likeness (QED) is 0.860. The number of ether oxygens (including phenoxy) is 1. The molecule has 0 radical (unpaired) electrons. The van der Waals surface area contributed by atoms with Gasteiger partial charge in [0.25, 0.3) is 5.91 Å². The largest absolute Gasteiger partial charge is 0.389 e. The number of carbonyl (C=O) groups is 1. The number of hydrogen-bond acceptors (Lipinski definition) is 3. The van der Waals surface area contributed by atoms with Crippen LogP contribution in [0.1, 0.15) is 15.9 Å². The third-order valence-electron chi connectivity index (χ3n) is 2.62. The number of benzene rings is 1. The van der Waals surface area contributed by atoms with Crippen LogP contribution >= 0.6 is 0 Å². The van der Waals surface area contributed by atoms with E-state index >= 15 is 0 Å². The number of aliphatic hydroxyl groups is 1. The maximum atomic E-state index is 13.1. The Morgan fingerprint density at radius 1 is 1.56 bits per heavy atom. The molecule has 1 N–H and O–H groups in total. The third kappa shape index (κ3) is 3.78. The minimum Gasteiger partial charge on any atom is -0.389 e. The number of hydrogen-bond donors (Lipinski definition) is 1. The maximum Gasteiger partial charge on any atom is 0.254 e. The van der Waals surface area contributed by atoms with Gasteiger partial charge in [0.15, 0.2) is 0 Å². The van der Waals surface area contributed by atoms with E-state index in [0.717, 1.165) is 0 Å². The van der Waals surface area contributed by atoms with E-state index in [2.05, 4.69) is 0 Å². The van der Waals surface area contributed by atoms with Crippen molar-refractivity contribution in [1.82, 2.24) is 4.90 Å². The highest BCUT2D eigenvalue weighted by Gasteiger charge is 2.17. The molecular weight excluding hydrogens is 237 g/mol. The summed E-state index contributed by atoms with van der Waals surface area (Å²) in [7, 11) is 3.04. The van der Waals surface area contributed by atoms with Gasteiger partial charge in [0.05, 0.1) is 12.7 Å². The van der Waals surface area contributed by atoms with Gasteiger partial charge >= 0.3 is 0 Å². The van der Waals surface area contributed by atoms with Crippen LogP contribution in [0.5, 0.6) is 0 Å². The predicted octanol–water partition coefficient (Wildman–Crippen LogP) is 1.21. The van der Waals surface area contributed by atoms with Crippen molar-refractivity contribution >= 4 is 5.91 Å². The fourth-order valence-electron chi connectivity index (χ4n) is 1.67. The van der Waals surface area contributed by atoms with Gasteiger partial charge in [0.2, 0.25) is 0 Å². The molecule has 0 fully saturated rings. The molecule has 0 aliphatic carbocycles. The number of amides is 1. The first-order valence-corrected chi connectivity index (χ1v) is 5.64. The van der Waals surface area contributed by atoms with Crippen molar-refractivity contribution in [1.29, 1.82) is 0 Å². The van der Waals surface area contributed by atoms with Crippen LogP contribution in [0.3, 0.4) is 0 Å². The Bertz CT molecular complexity index is 423. The van der Waals surface area contributed by atoms with Gasteiger partial charge in [-0.15, -0.1) is 0 Å². The Morgan fingerprint density at radius 2 is 2.22 bits per heavy atom. The molecule has 18 heavy (non-hydrogen) atoms. The van der Waals surface area contributed by atoms with Gasteiger partial charge in [0.1, 0.15) is 5.82 Å². The second-order valence-corrected chi connectivity index (χ2v) is 4.25. The van der Waals surface area contributed by atoms with Crippen LogP contribution < -0.4 is 0 Å². The minimum absolute atomic E-state index is 0.141. The van der Waals surface area contributed by atoms with Gasteiger partial charge in [0, 0.05) is 26.3 Å². The zero-order valence-corrected chi connectivity index (χ0v) is 10.8. The molecule has 1 unspecified atom stereocenters. The molecule has 0 aliphatic heterocycles. The van der Waals surface area contributed by atoms with Gasteiger partial charge in [-0.05, 0) is 24.6 Å². The van der Waals surface area contributed by atoms with Crippen LogP contribution in [0, 0.1) is 12.7 Å². The van der Waals surface area contributed by atoms with E-state index in [1.165, 1.54) is 24.1 Å². The normalized spacial score (nSPS) is 12.3. The van der Waals surface area contributed by atoms with Crippen molar-refractivity contribution in [3.8, 4) is 0 Å². The summed E-state index contributed by atoms with van der Waals surface area (Å²) in [6.07, 6.45) is -0.752. The van der Waals surface area contributed by atoms with Crippen LogP contribution in [0.15, 0.2) is 18.2 Å². The Balaban J connectivity index is 2.77. The number of nitrogens with zero attached hydrogens (tertiary/aromatic N) is 1. The lowest BCUT2D eigenvalue weighted by atomic mass is 10.1. The summed E-state index contributed by atoms with van der Waals surface area (Å²) in [4.78, 5) is 13.4. The van der Waals surface area contributed by atoms with Gasteiger partial charge in [-0.25, -0.2) is 4.39 Å². The standard InChI is InChI=1S/C13H18FNO3/c1-9-4-5-10(14)6-12(9)13(17)15(2)7-11(16)8-18-3/h4-6,11,16H,7-8H2,1-3H3. The summed E-state index contributed by atoms with van der Waals surface area (Å²) in [5.41, 5.74) is 1.01. The Labute approximate surface area is 106 Å². The summed E-state index contributed by atoms with van der Waals surface area (Å²) < 4.78 is 17.9. The SMILES string of the molecule is COCC(O)CN(C)C(=O)c1cc(F)ccc1C. The van der Waals surface area contributed by atoms with Gasteiger partial charge in [-0.3, -0.25) is 4.79 Å². The second-order valence-electron chi connectivity index (χ2n) is 4.25. The lowest BCUT2D eigenvalue weighted by Crippen LogP contribution is -2.36. The van der Waals surface area contributed by atoms with E-state index in [9.17, 15) is 14.3 Å². The average Bonchev–Trinajstić information content (AvgIpc) is 2.31. The maximum absolute atomic E-state index is 13.1. The fourth-order valence-corrected chi connectivity index (χ4v) is 1.67. The first kappa shape index (κ1) is 14.6. The van der Waals surface area contributed by atoms with Crippen LogP contribution in [0.2, 0.25) is 0 Å². The molecule has 1 aromatic rings. The smallest absolute Gasteiger partial charge is 0.254 e. The van der Waals surface area contributed by atoms with Crippen molar-refractivity contribution < 1.29 is 19.0 Å². The van der Waals surface area contributed by atoms with E-state index in [0.29, 0.717) is 11.1 Å². The highest BCUT2D eigenvalue weighted by Crippen LogP contribution is 2.12. The van der Waals surface area contributed by atoms with Gasteiger partial charge in [-0.1, -0.05) is 6.07 Å². The van der Waals surface area contributed by atoms with Crippen LogP contribution in [-0.2, 0) is 4.74 Å². The molecule has 1 rings (SSSR count). The summed E-state index contributed by atoms with van der Waals surface area (Å²) in [6, 6.07) is 4.07.